The Morgan fingerprint density at radius 2 is 0.694 bits per heavy atom. The fourth-order valence-electron chi connectivity index (χ4n) is 5.80. The van der Waals surface area contributed by atoms with E-state index in [1.807, 2.05) is 133 Å². The summed E-state index contributed by atoms with van der Waals surface area (Å²) < 4.78 is 0. The SMILES string of the molecule is Clc1ccc(-c2ccccc2-c2nc(-c3ccccc3)cc(-c3ccccc3)n2)cc1-c1nc(-c2ccccc2)nc(-c2ccccc2)n1. The van der Waals surface area contributed by atoms with E-state index < -0.39 is 0 Å². The van der Waals surface area contributed by atoms with Crippen LogP contribution >= 0.6 is 11.6 Å². The van der Waals surface area contributed by atoms with Crippen molar-refractivity contribution in [1.82, 2.24) is 24.9 Å². The van der Waals surface area contributed by atoms with Gasteiger partial charge in [0.1, 0.15) is 0 Å². The average Bonchev–Trinajstić information content (AvgIpc) is 3.19. The molecule has 0 spiro atoms. The van der Waals surface area contributed by atoms with Crippen molar-refractivity contribution >= 4 is 11.6 Å². The molecule has 0 saturated carbocycles. The maximum atomic E-state index is 6.92. The lowest BCUT2D eigenvalue weighted by atomic mass is 9.97. The lowest BCUT2D eigenvalue weighted by Gasteiger charge is -2.14. The molecule has 8 aromatic rings. The van der Waals surface area contributed by atoms with Gasteiger partial charge in [-0.2, -0.15) is 0 Å². The monoisotopic (exact) mass is 649 g/mol. The summed E-state index contributed by atoms with van der Waals surface area (Å²) in [5.41, 5.74) is 9.03. The smallest absolute Gasteiger partial charge is 0.165 e. The minimum Gasteiger partial charge on any atom is -0.228 e. The van der Waals surface area contributed by atoms with Crippen LogP contribution in [0.15, 0.2) is 170 Å². The van der Waals surface area contributed by atoms with E-state index >= 15 is 0 Å². The van der Waals surface area contributed by atoms with Gasteiger partial charge in [-0.25, -0.2) is 24.9 Å². The normalized spacial score (nSPS) is 11.0. The molecule has 2 heterocycles. The Bertz CT molecular complexity index is 2270. The van der Waals surface area contributed by atoms with Crippen LogP contribution in [-0.4, -0.2) is 24.9 Å². The Kier molecular flexibility index (Phi) is 8.24. The first kappa shape index (κ1) is 30.1. The zero-order chi connectivity index (χ0) is 33.0. The second kappa shape index (κ2) is 13.4. The highest BCUT2D eigenvalue weighted by Gasteiger charge is 2.18. The zero-order valence-corrected chi connectivity index (χ0v) is 27.0. The Balaban J connectivity index is 1.28. The summed E-state index contributed by atoms with van der Waals surface area (Å²) in [7, 11) is 0. The van der Waals surface area contributed by atoms with Crippen LogP contribution in [0.3, 0.4) is 0 Å². The number of aromatic nitrogens is 5. The van der Waals surface area contributed by atoms with Gasteiger partial charge < -0.3 is 0 Å². The molecule has 0 saturated heterocycles. The van der Waals surface area contributed by atoms with Crippen LogP contribution in [0.1, 0.15) is 0 Å². The lowest BCUT2D eigenvalue weighted by Crippen LogP contribution is -2.01. The van der Waals surface area contributed by atoms with Gasteiger partial charge in [0.25, 0.3) is 0 Å². The third-order valence-electron chi connectivity index (χ3n) is 8.25. The lowest BCUT2D eigenvalue weighted by molar-refractivity contribution is 1.07. The molecular weight excluding hydrogens is 622 g/mol. The van der Waals surface area contributed by atoms with Crippen molar-refractivity contribution in [2.75, 3.05) is 0 Å². The van der Waals surface area contributed by atoms with Crippen molar-refractivity contribution in [2.45, 2.75) is 0 Å². The first-order chi connectivity index (χ1) is 24.2. The molecule has 5 nitrogen and oxygen atoms in total. The number of hydrogen-bond acceptors (Lipinski definition) is 5. The minimum atomic E-state index is 0.491. The topological polar surface area (TPSA) is 64.5 Å². The molecule has 8 rings (SSSR count). The van der Waals surface area contributed by atoms with E-state index in [1.54, 1.807) is 0 Å². The summed E-state index contributed by atoms with van der Waals surface area (Å²) >= 11 is 6.92. The molecule has 0 atom stereocenters. The fraction of sp³-hybridized carbons (Fsp3) is 0. The molecular formula is C43H28ClN5. The summed E-state index contributed by atoms with van der Waals surface area (Å²) in [5.74, 6) is 2.27. The second-order valence-electron chi connectivity index (χ2n) is 11.5. The number of halogens is 1. The highest BCUT2D eigenvalue weighted by atomic mass is 35.5. The molecule has 0 aliphatic rings. The average molecular weight is 650 g/mol. The van der Waals surface area contributed by atoms with Crippen LogP contribution in [0.2, 0.25) is 5.02 Å². The molecule has 0 radical (unpaired) electrons. The first-order valence-electron chi connectivity index (χ1n) is 16.0. The third-order valence-corrected chi connectivity index (χ3v) is 8.58. The molecule has 0 aliphatic carbocycles. The predicted octanol–water partition coefficient (Wildman–Crippen LogP) is 11.0. The summed E-state index contributed by atoms with van der Waals surface area (Å²) in [5, 5.41) is 0.541. The summed E-state index contributed by atoms with van der Waals surface area (Å²) in [6, 6.07) is 56.4. The summed E-state index contributed by atoms with van der Waals surface area (Å²) in [6.07, 6.45) is 0. The molecule has 0 bridgehead atoms. The van der Waals surface area contributed by atoms with Gasteiger partial charge in [0, 0.05) is 33.4 Å². The quantitative estimate of drug-likeness (QED) is 0.172. The summed E-state index contributed by atoms with van der Waals surface area (Å²) in [4.78, 5) is 24.9. The molecule has 0 unspecified atom stereocenters. The van der Waals surface area contributed by atoms with E-state index in [0.717, 1.165) is 50.3 Å². The molecule has 0 fully saturated rings. The molecule has 0 N–H and O–H groups in total. The predicted molar refractivity (Wildman–Crippen MR) is 198 cm³/mol. The molecule has 232 valence electrons. The van der Waals surface area contributed by atoms with Gasteiger partial charge in [-0.3, -0.25) is 0 Å². The molecule has 6 aromatic carbocycles. The van der Waals surface area contributed by atoms with Crippen LogP contribution < -0.4 is 0 Å². The van der Waals surface area contributed by atoms with Gasteiger partial charge >= 0.3 is 0 Å². The Morgan fingerprint density at radius 3 is 1.20 bits per heavy atom. The van der Waals surface area contributed by atoms with Crippen LogP contribution in [0, 0.1) is 0 Å². The Hall–Kier alpha value is -6.30. The Morgan fingerprint density at radius 1 is 0.286 bits per heavy atom. The molecule has 49 heavy (non-hydrogen) atoms. The number of rotatable bonds is 7. The molecule has 2 aromatic heterocycles. The Labute approximate surface area is 289 Å². The zero-order valence-electron chi connectivity index (χ0n) is 26.3. The van der Waals surface area contributed by atoms with Gasteiger partial charge in [-0.15, -0.1) is 0 Å². The van der Waals surface area contributed by atoms with Gasteiger partial charge in [-0.1, -0.05) is 163 Å². The van der Waals surface area contributed by atoms with Crippen LogP contribution in [0.5, 0.6) is 0 Å². The summed E-state index contributed by atoms with van der Waals surface area (Å²) in [6.45, 7) is 0. The van der Waals surface area contributed by atoms with Crippen LogP contribution in [0.4, 0.5) is 0 Å². The maximum absolute atomic E-state index is 6.92. The van der Waals surface area contributed by atoms with E-state index in [4.69, 9.17) is 36.5 Å². The number of nitrogens with zero attached hydrogens (tertiary/aromatic N) is 5. The maximum Gasteiger partial charge on any atom is 0.165 e. The number of hydrogen-bond donors (Lipinski definition) is 0. The third kappa shape index (κ3) is 6.35. The van der Waals surface area contributed by atoms with Crippen molar-refractivity contribution in [3.8, 4) is 79.2 Å². The van der Waals surface area contributed by atoms with Gasteiger partial charge in [0.15, 0.2) is 23.3 Å². The van der Waals surface area contributed by atoms with Crippen molar-refractivity contribution in [3.63, 3.8) is 0 Å². The molecule has 6 heteroatoms. The van der Waals surface area contributed by atoms with Gasteiger partial charge in [0.2, 0.25) is 0 Å². The number of benzene rings is 6. The van der Waals surface area contributed by atoms with Crippen molar-refractivity contribution < 1.29 is 0 Å². The van der Waals surface area contributed by atoms with Gasteiger partial charge in [-0.05, 0) is 29.3 Å². The van der Waals surface area contributed by atoms with Crippen LogP contribution in [-0.2, 0) is 0 Å². The molecule has 0 amide bonds. The van der Waals surface area contributed by atoms with E-state index in [9.17, 15) is 0 Å². The van der Waals surface area contributed by atoms with Crippen LogP contribution in [0.25, 0.3) is 79.2 Å². The minimum absolute atomic E-state index is 0.491. The highest BCUT2D eigenvalue weighted by molar-refractivity contribution is 6.33. The van der Waals surface area contributed by atoms with Gasteiger partial charge in [0.05, 0.1) is 16.4 Å². The highest BCUT2D eigenvalue weighted by Crippen LogP contribution is 2.37. The van der Waals surface area contributed by atoms with E-state index in [1.165, 1.54) is 0 Å². The van der Waals surface area contributed by atoms with E-state index in [0.29, 0.717) is 33.9 Å². The van der Waals surface area contributed by atoms with Crippen molar-refractivity contribution in [1.29, 1.82) is 0 Å². The van der Waals surface area contributed by atoms with E-state index in [-0.39, 0.29) is 0 Å². The largest absolute Gasteiger partial charge is 0.228 e. The second-order valence-corrected chi connectivity index (χ2v) is 11.9. The van der Waals surface area contributed by atoms with Crippen molar-refractivity contribution in [3.05, 3.63) is 175 Å². The fourth-order valence-corrected chi connectivity index (χ4v) is 6.01. The molecule has 0 aliphatic heterocycles. The van der Waals surface area contributed by atoms with E-state index in [2.05, 4.69) is 36.4 Å². The first-order valence-corrected chi connectivity index (χ1v) is 16.3. The van der Waals surface area contributed by atoms with Crippen molar-refractivity contribution in [2.24, 2.45) is 0 Å². The standard InChI is InChI=1S/C43H28ClN5/c44-37-26-25-33(27-36(37)43-48-40(31-19-9-3-10-20-31)47-41(49-43)32-21-11-4-12-22-32)34-23-13-14-24-35(34)42-45-38(29-15-5-1-6-16-29)28-39(46-42)30-17-7-2-8-18-30/h1-28H.